The van der Waals surface area contributed by atoms with Crippen LogP contribution in [0.2, 0.25) is 0 Å². The van der Waals surface area contributed by atoms with Gasteiger partial charge in [0.1, 0.15) is 0 Å². The van der Waals surface area contributed by atoms with Crippen molar-refractivity contribution >= 4 is 22.6 Å². The predicted molar refractivity (Wildman–Crippen MR) is 56.7 cm³/mol. The molecule has 1 aromatic carbocycles. The summed E-state index contributed by atoms with van der Waals surface area (Å²) in [6.07, 6.45) is 0. The van der Waals surface area contributed by atoms with Gasteiger partial charge in [-0.1, -0.05) is 11.2 Å². The highest BCUT2D eigenvalue weighted by Gasteiger charge is 1.96. The quantitative estimate of drug-likeness (QED) is 0.343. The van der Waals surface area contributed by atoms with Crippen molar-refractivity contribution in [1.29, 1.82) is 0 Å². The van der Waals surface area contributed by atoms with Crippen LogP contribution in [-0.4, -0.2) is 0 Å². The second kappa shape index (κ2) is 4.33. The van der Waals surface area contributed by atoms with Crippen molar-refractivity contribution in [1.82, 2.24) is 0 Å². The lowest BCUT2D eigenvalue weighted by Crippen LogP contribution is -1.86. The van der Waals surface area contributed by atoms with Gasteiger partial charge in [-0.05, 0) is 58.3 Å². The SMILES string of the molecule is Cc1ccc(I)cc1CN=[N+]=[N-]. The van der Waals surface area contributed by atoms with Gasteiger partial charge >= 0.3 is 0 Å². The van der Waals surface area contributed by atoms with Crippen molar-refractivity contribution in [3.05, 3.63) is 43.3 Å². The molecule has 0 aliphatic carbocycles. The molecule has 0 atom stereocenters. The summed E-state index contributed by atoms with van der Waals surface area (Å²) in [7, 11) is 0. The summed E-state index contributed by atoms with van der Waals surface area (Å²) in [6, 6.07) is 6.10. The molecule has 4 heteroatoms. The summed E-state index contributed by atoms with van der Waals surface area (Å²) < 4.78 is 1.17. The van der Waals surface area contributed by atoms with E-state index in [1.807, 2.05) is 25.1 Å². The highest BCUT2D eigenvalue weighted by Crippen LogP contribution is 2.13. The van der Waals surface area contributed by atoms with Gasteiger partial charge in [-0.2, -0.15) is 0 Å². The lowest BCUT2D eigenvalue weighted by molar-refractivity contribution is 1.03. The molecule has 1 rings (SSSR count). The third-order valence-corrected chi connectivity index (χ3v) is 2.29. The molecule has 12 heavy (non-hydrogen) atoms. The van der Waals surface area contributed by atoms with Gasteiger partial charge in [0.05, 0.1) is 6.54 Å². The first-order chi connectivity index (χ1) is 5.74. The van der Waals surface area contributed by atoms with E-state index < -0.39 is 0 Å². The molecule has 1 aromatic rings. The van der Waals surface area contributed by atoms with E-state index in [4.69, 9.17) is 5.53 Å². The minimum atomic E-state index is 0.444. The van der Waals surface area contributed by atoms with Crippen LogP contribution in [0.15, 0.2) is 23.3 Å². The van der Waals surface area contributed by atoms with E-state index in [1.165, 1.54) is 9.13 Å². The molecular weight excluding hydrogens is 265 g/mol. The molecule has 0 heterocycles. The topological polar surface area (TPSA) is 48.8 Å². The molecule has 0 aliphatic rings. The summed E-state index contributed by atoms with van der Waals surface area (Å²) in [5, 5.41) is 3.52. The Morgan fingerprint density at radius 1 is 1.58 bits per heavy atom. The fourth-order valence-electron chi connectivity index (χ4n) is 0.918. The van der Waals surface area contributed by atoms with Gasteiger partial charge in [0.25, 0.3) is 0 Å². The maximum Gasteiger partial charge on any atom is 0.0513 e. The number of aryl methyl sites for hydroxylation is 1. The van der Waals surface area contributed by atoms with Crippen LogP contribution in [0.1, 0.15) is 11.1 Å². The summed E-state index contributed by atoms with van der Waals surface area (Å²) >= 11 is 2.24. The average molecular weight is 273 g/mol. The van der Waals surface area contributed by atoms with E-state index in [9.17, 15) is 0 Å². The molecule has 0 spiro atoms. The largest absolute Gasteiger partial charge is 0.0893 e. The molecule has 0 radical (unpaired) electrons. The molecule has 3 nitrogen and oxygen atoms in total. The summed E-state index contributed by atoms with van der Waals surface area (Å²) in [4.78, 5) is 2.72. The lowest BCUT2D eigenvalue weighted by Gasteiger charge is -2.01. The number of benzene rings is 1. The molecule has 0 saturated carbocycles. The van der Waals surface area contributed by atoms with Gasteiger partial charge in [0.2, 0.25) is 0 Å². The minimum Gasteiger partial charge on any atom is -0.0893 e. The number of halogens is 1. The van der Waals surface area contributed by atoms with Crippen LogP contribution in [0.25, 0.3) is 10.4 Å². The first-order valence-corrected chi connectivity index (χ1v) is 4.58. The fraction of sp³-hybridized carbons (Fsp3) is 0.250. The van der Waals surface area contributed by atoms with Gasteiger partial charge < -0.3 is 0 Å². The third kappa shape index (κ3) is 2.39. The zero-order chi connectivity index (χ0) is 8.97. The van der Waals surface area contributed by atoms with E-state index in [1.54, 1.807) is 0 Å². The molecule has 0 unspecified atom stereocenters. The fourth-order valence-corrected chi connectivity index (χ4v) is 1.47. The molecule has 0 N–H and O–H groups in total. The number of rotatable bonds is 2. The Balaban J connectivity index is 2.96. The van der Waals surface area contributed by atoms with Crippen LogP contribution in [0.3, 0.4) is 0 Å². The number of azide groups is 1. The van der Waals surface area contributed by atoms with Crippen LogP contribution in [0.5, 0.6) is 0 Å². The Bertz CT molecular complexity index is 329. The molecule has 0 fully saturated rings. The van der Waals surface area contributed by atoms with Gasteiger partial charge in [-0.15, -0.1) is 0 Å². The predicted octanol–water partition coefficient (Wildman–Crippen LogP) is 3.41. The zero-order valence-corrected chi connectivity index (χ0v) is 8.82. The van der Waals surface area contributed by atoms with Crippen LogP contribution >= 0.6 is 22.6 Å². The van der Waals surface area contributed by atoms with E-state index >= 15 is 0 Å². The highest BCUT2D eigenvalue weighted by molar-refractivity contribution is 14.1. The molecule has 0 amide bonds. The molecule has 0 saturated heterocycles. The van der Waals surface area contributed by atoms with Crippen molar-refractivity contribution in [3.63, 3.8) is 0 Å². The van der Waals surface area contributed by atoms with Crippen molar-refractivity contribution in [3.8, 4) is 0 Å². The maximum atomic E-state index is 8.14. The number of hydrogen-bond donors (Lipinski definition) is 0. The van der Waals surface area contributed by atoms with Gasteiger partial charge in [0, 0.05) is 8.48 Å². The van der Waals surface area contributed by atoms with E-state index in [0.29, 0.717) is 6.54 Å². The second-order valence-corrected chi connectivity index (χ2v) is 3.71. The van der Waals surface area contributed by atoms with Gasteiger partial charge in [-0.25, -0.2) is 0 Å². The Kier molecular flexibility index (Phi) is 3.37. The minimum absolute atomic E-state index is 0.444. The molecule has 62 valence electrons. The highest BCUT2D eigenvalue weighted by atomic mass is 127. The summed E-state index contributed by atoms with van der Waals surface area (Å²) in [5.74, 6) is 0. The van der Waals surface area contributed by atoms with Crippen LogP contribution < -0.4 is 0 Å². The molecular formula is C8H8IN3. The lowest BCUT2D eigenvalue weighted by atomic mass is 10.1. The standard InChI is InChI=1S/C8H8IN3/c1-6-2-3-8(9)4-7(6)5-11-12-10/h2-4H,5H2,1H3. The average Bonchev–Trinajstić information content (AvgIpc) is 2.07. The molecule has 0 aromatic heterocycles. The first kappa shape index (κ1) is 9.35. The van der Waals surface area contributed by atoms with Crippen molar-refractivity contribution in [2.75, 3.05) is 0 Å². The Hall–Kier alpha value is -0.740. The summed E-state index contributed by atoms with van der Waals surface area (Å²) in [6.45, 7) is 2.46. The third-order valence-electron chi connectivity index (χ3n) is 1.62. The van der Waals surface area contributed by atoms with Gasteiger partial charge in [0.15, 0.2) is 0 Å². The number of hydrogen-bond acceptors (Lipinski definition) is 1. The smallest absolute Gasteiger partial charge is 0.0513 e. The molecule has 0 aliphatic heterocycles. The Morgan fingerprint density at radius 3 is 3.00 bits per heavy atom. The normalized spacial score (nSPS) is 9.17. The van der Waals surface area contributed by atoms with Crippen LogP contribution in [0.4, 0.5) is 0 Å². The molecule has 0 bridgehead atoms. The second-order valence-electron chi connectivity index (χ2n) is 2.46. The van der Waals surface area contributed by atoms with Crippen molar-refractivity contribution in [2.45, 2.75) is 13.5 Å². The van der Waals surface area contributed by atoms with Crippen LogP contribution in [-0.2, 0) is 6.54 Å². The Morgan fingerprint density at radius 2 is 2.33 bits per heavy atom. The summed E-state index contributed by atoms with van der Waals surface area (Å²) in [5.41, 5.74) is 10.4. The van der Waals surface area contributed by atoms with Crippen molar-refractivity contribution in [2.24, 2.45) is 5.11 Å². The zero-order valence-electron chi connectivity index (χ0n) is 6.66. The van der Waals surface area contributed by atoms with E-state index in [0.717, 1.165) is 5.56 Å². The van der Waals surface area contributed by atoms with E-state index in [-0.39, 0.29) is 0 Å². The van der Waals surface area contributed by atoms with Gasteiger partial charge in [-0.3, -0.25) is 0 Å². The van der Waals surface area contributed by atoms with E-state index in [2.05, 4.69) is 32.6 Å². The van der Waals surface area contributed by atoms with Crippen molar-refractivity contribution < 1.29 is 0 Å². The van der Waals surface area contributed by atoms with Crippen LogP contribution in [0, 0.1) is 10.5 Å². The number of nitrogens with zero attached hydrogens (tertiary/aromatic N) is 3. The monoisotopic (exact) mass is 273 g/mol. The first-order valence-electron chi connectivity index (χ1n) is 3.50. The maximum absolute atomic E-state index is 8.14. The Labute approximate surface area is 84.6 Å².